The number of pyridine rings is 1. The first kappa shape index (κ1) is 26.4. The molecule has 2 heterocycles. The van der Waals surface area contributed by atoms with Crippen molar-refractivity contribution in [3.8, 4) is 11.3 Å². The minimum Gasteiger partial charge on any atom is -0.237 e. The first-order chi connectivity index (χ1) is 15.7. The van der Waals surface area contributed by atoms with Gasteiger partial charge in [0.15, 0.2) is 0 Å². The van der Waals surface area contributed by atoms with Crippen molar-refractivity contribution in [1.82, 2.24) is 4.98 Å². The Bertz CT molecular complexity index is 1200. The van der Waals surface area contributed by atoms with Crippen molar-refractivity contribution in [2.45, 2.75) is 24.0 Å². The molecule has 0 aliphatic heterocycles. The molecule has 3 rings (SSSR count). The van der Waals surface area contributed by atoms with Crippen molar-refractivity contribution in [2.24, 2.45) is 0 Å². The number of hydrogen-bond donors (Lipinski definition) is 0. The Morgan fingerprint density at radius 3 is 1.97 bits per heavy atom. The monoisotopic (exact) mass is 451 g/mol. The molecule has 3 aromatic rings. The molecule has 0 unspecified atom stereocenters. The smallest absolute Gasteiger partial charge is 0.125 e. The summed E-state index contributed by atoms with van der Waals surface area (Å²) in [5.74, 6) is 1.20. The van der Waals surface area contributed by atoms with E-state index < -0.39 is 0 Å². The quantitative estimate of drug-likeness (QED) is 0.218. The van der Waals surface area contributed by atoms with E-state index in [-0.39, 0.29) is 0 Å². The Kier molecular flexibility index (Phi) is 14.1. The third-order valence-corrected chi connectivity index (χ3v) is 5.99. The molecule has 0 saturated carbocycles. The van der Waals surface area contributed by atoms with Gasteiger partial charge in [-0.25, -0.2) is 4.98 Å². The fourth-order valence-electron chi connectivity index (χ4n) is 2.23. The zero-order chi connectivity index (χ0) is 23.4. The highest BCUT2D eigenvalue weighted by Crippen LogP contribution is 2.33. The van der Waals surface area contributed by atoms with Gasteiger partial charge in [0.1, 0.15) is 4.83 Å². The molecule has 0 radical (unpaired) electrons. The maximum absolute atomic E-state index is 4.80. The van der Waals surface area contributed by atoms with E-state index in [2.05, 4.69) is 122 Å². The summed E-state index contributed by atoms with van der Waals surface area (Å²) in [5, 5.41) is 1.26. The van der Waals surface area contributed by atoms with Gasteiger partial charge in [-0.15, -0.1) is 23.1 Å². The molecular formula is C29H25NS2. The molecule has 0 atom stereocenters. The van der Waals surface area contributed by atoms with Crippen molar-refractivity contribution in [3.63, 3.8) is 0 Å². The summed E-state index contributed by atoms with van der Waals surface area (Å²) < 4.78 is 1.38. The zero-order valence-electron chi connectivity index (χ0n) is 18.3. The average molecular weight is 452 g/mol. The van der Waals surface area contributed by atoms with Gasteiger partial charge in [0.25, 0.3) is 0 Å². The van der Waals surface area contributed by atoms with Crippen molar-refractivity contribution >= 4 is 33.3 Å². The number of nitrogens with zero attached hydrogens (tertiary/aromatic N) is 1. The lowest BCUT2D eigenvalue weighted by atomic mass is 10.1. The fraction of sp³-hybridized carbons (Fsp3) is 0.138. The summed E-state index contributed by atoms with van der Waals surface area (Å²) in [4.78, 5) is 5.94. The molecule has 3 heteroatoms. The Labute approximate surface area is 199 Å². The minimum absolute atomic E-state index is 1.06. The predicted molar refractivity (Wildman–Crippen MR) is 141 cm³/mol. The van der Waals surface area contributed by atoms with Crippen LogP contribution < -0.4 is 0 Å². The highest BCUT2D eigenvalue weighted by atomic mass is 32.2. The Morgan fingerprint density at radius 2 is 1.44 bits per heavy atom. The van der Waals surface area contributed by atoms with E-state index in [4.69, 9.17) is 4.98 Å². The number of rotatable bonds is 5. The van der Waals surface area contributed by atoms with E-state index in [0.717, 1.165) is 10.5 Å². The molecule has 0 spiro atoms. The van der Waals surface area contributed by atoms with Crippen molar-refractivity contribution in [1.29, 1.82) is 0 Å². The number of unbranched alkanes of at least 4 members (excludes halogenated alkanes) is 1. The second-order valence-electron chi connectivity index (χ2n) is 5.93. The van der Waals surface area contributed by atoms with Crippen molar-refractivity contribution in [3.05, 3.63) is 121 Å². The van der Waals surface area contributed by atoms with Crippen molar-refractivity contribution < 1.29 is 0 Å². The van der Waals surface area contributed by atoms with E-state index in [1.54, 1.807) is 0 Å². The lowest BCUT2D eigenvalue weighted by molar-refractivity contribution is 0.896. The summed E-state index contributed by atoms with van der Waals surface area (Å²) in [6.45, 7) is 15.2. The number of thiophene rings is 1. The average Bonchev–Trinajstić information content (AvgIpc) is 3.25. The van der Waals surface area contributed by atoms with Gasteiger partial charge >= 0.3 is 0 Å². The molecule has 0 aliphatic rings. The van der Waals surface area contributed by atoms with E-state index in [9.17, 15) is 0 Å². The van der Waals surface area contributed by atoms with Crippen molar-refractivity contribution in [2.75, 3.05) is 5.75 Å². The topological polar surface area (TPSA) is 12.9 Å². The number of fused-ring (bicyclic) bond motifs is 1. The normalized spacial score (nSPS) is 8.16. The molecular weight excluding hydrogens is 426 g/mol. The molecule has 0 bridgehead atoms. The second kappa shape index (κ2) is 17.1. The molecule has 0 N–H and O–H groups in total. The maximum atomic E-state index is 4.80. The highest BCUT2D eigenvalue weighted by Gasteiger charge is 2.06. The Balaban J connectivity index is 0.000000355. The molecule has 1 nitrogen and oxygen atoms in total. The minimum atomic E-state index is 1.06. The molecule has 2 aromatic heterocycles. The molecule has 0 fully saturated rings. The summed E-state index contributed by atoms with van der Waals surface area (Å²) in [6, 6.07) is 16.9. The molecule has 1 aromatic carbocycles. The summed E-state index contributed by atoms with van der Waals surface area (Å²) >= 11 is 3.76. The summed E-state index contributed by atoms with van der Waals surface area (Å²) in [7, 11) is 0. The lowest BCUT2D eigenvalue weighted by Crippen LogP contribution is -1.81. The Hall–Kier alpha value is -3.60. The number of hydrogen-bond acceptors (Lipinski definition) is 3. The molecule has 0 amide bonds. The predicted octanol–water partition coefficient (Wildman–Crippen LogP) is 8.70. The van der Waals surface area contributed by atoms with Crippen LogP contribution in [0.2, 0.25) is 0 Å². The number of thioether (sulfide) groups is 1. The van der Waals surface area contributed by atoms with Gasteiger partial charge in [-0.1, -0.05) is 66.6 Å². The third kappa shape index (κ3) is 10.4. The van der Waals surface area contributed by atoms with Crippen LogP contribution in [0.25, 0.3) is 21.5 Å². The highest BCUT2D eigenvalue weighted by molar-refractivity contribution is 8.01. The van der Waals surface area contributed by atoms with Gasteiger partial charge in [0, 0.05) is 10.9 Å². The van der Waals surface area contributed by atoms with Crippen LogP contribution in [-0.2, 0) is 0 Å². The number of aromatic nitrogens is 1. The summed E-state index contributed by atoms with van der Waals surface area (Å²) in [5.41, 5.74) is 21.3. The fourth-order valence-corrected chi connectivity index (χ4v) is 4.56. The van der Waals surface area contributed by atoms with Crippen LogP contribution in [0.4, 0.5) is 0 Å². The molecule has 158 valence electrons. The van der Waals surface area contributed by atoms with Gasteiger partial charge in [-0.2, -0.15) is 0 Å². The van der Waals surface area contributed by atoms with Gasteiger partial charge in [-0.05, 0) is 79.6 Å². The maximum Gasteiger partial charge on any atom is 0.125 e. The van der Waals surface area contributed by atoms with Crippen LogP contribution in [0.1, 0.15) is 19.8 Å². The zero-order valence-corrected chi connectivity index (χ0v) is 20.0. The molecule has 0 saturated heterocycles. The summed E-state index contributed by atoms with van der Waals surface area (Å²) in [6.07, 6.45) is 2.54. The van der Waals surface area contributed by atoms with Gasteiger partial charge in [0.05, 0.1) is 9.90 Å². The van der Waals surface area contributed by atoms with Gasteiger partial charge in [0.2, 0.25) is 0 Å². The second-order valence-corrected chi connectivity index (χ2v) is 8.36. The van der Waals surface area contributed by atoms with Crippen LogP contribution in [0.5, 0.6) is 0 Å². The standard InChI is InChI=1S/C17H17NS2.2C6H4/c1-2-3-11-19-16-12-14-9-10-15(18-17(14)20-16)13-7-5-4-6-8-13;2*1-3-5-6-4-2/h4-10,12H,2-3,11H2,1H3;2*1-2H2. The lowest BCUT2D eigenvalue weighted by Gasteiger charge is -1.99. The van der Waals surface area contributed by atoms with Crippen LogP contribution in [0, 0.1) is 0 Å². The van der Waals surface area contributed by atoms with Crippen LogP contribution in [0.3, 0.4) is 0 Å². The van der Waals surface area contributed by atoms with Crippen LogP contribution in [0.15, 0.2) is 125 Å². The van der Waals surface area contributed by atoms with E-state index in [1.165, 1.54) is 33.8 Å². The number of benzene rings is 1. The van der Waals surface area contributed by atoms with E-state index in [0.29, 0.717) is 0 Å². The first-order valence-corrected chi connectivity index (χ1v) is 11.7. The largest absolute Gasteiger partial charge is 0.237 e. The van der Waals surface area contributed by atoms with Gasteiger partial charge in [-0.3, -0.25) is 0 Å². The Morgan fingerprint density at radius 1 is 0.844 bits per heavy atom. The van der Waals surface area contributed by atoms with Crippen LogP contribution in [-0.4, -0.2) is 10.7 Å². The first-order valence-electron chi connectivity index (χ1n) is 9.87. The third-order valence-electron chi connectivity index (χ3n) is 3.65. The molecule has 0 aliphatic carbocycles. The van der Waals surface area contributed by atoms with Crippen LogP contribution >= 0.6 is 23.1 Å². The molecule has 32 heavy (non-hydrogen) atoms. The SMILES string of the molecule is C=C=C=C=C=C.C=C=C=C=C=C.CCCCSc1cc2ccc(-c3ccccc3)nc2s1. The van der Waals surface area contributed by atoms with Gasteiger partial charge < -0.3 is 0 Å². The van der Waals surface area contributed by atoms with E-state index in [1.807, 2.05) is 29.2 Å². The van der Waals surface area contributed by atoms with E-state index >= 15 is 0 Å².